The van der Waals surface area contributed by atoms with Gasteiger partial charge in [0.15, 0.2) is 0 Å². The number of aryl methyl sites for hydroxylation is 2. The van der Waals surface area contributed by atoms with E-state index in [-0.39, 0.29) is 11.7 Å². The minimum Gasteiger partial charge on any atom is -0.387 e. The minimum atomic E-state index is -0.313. The van der Waals surface area contributed by atoms with E-state index in [9.17, 15) is 5.11 Å². The third-order valence-corrected chi connectivity index (χ3v) is 6.41. The van der Waals surface area contributed by atoms with Gasteiger partial charge in [0.1, 0.15) is 0 Å². The predicted molar refractivity (Wildman–Crippen MR) is 78.1 cm³/mol. The number of rotatable bonds is 2. The van der Waals surface area contributed by atoms with Crippen LogP contribution in [0.3, 0.4) is 0 Å². The topological polar surface area (TPSA) is 38.7 Å². The van der Waals surface area contributed by atoms with E-state index < -0.39 is 0 Å². The van der Waals surface area contributed by atoms with Crippen LogP contribution >= 0.6 is 11.3 Å². The lowest BCUT2D eigenvalue weighted by molar-refractivity contribution is -0.116. The number of fused-ring (bicyclic) bond motifs is 1. The van der Waals surface area contributed by atoms with Gasteiger partial charge in [-0.05, 0) is 49.7 Å². The molecular weight excluding hydrogens is 272 g/mol. The molecule has 1 aromatic rings. The fraction of sp³-hybridized carbons (Fsp3) is 0.750. The summed E-state index contributed by atoms with van der Waals surface area (Å²) in [4.78, 5) is 2.68. The molecule has 3 atom stereocenters. The molecule has 0 radical (unpaired) electrons. The zero-order chi connectivity index (χ0) is 13.6. The van der Waals surface area contributed by atoms with Gasteiger partial charge in [-0.15, -0.1) is 11.3 Å². The lowest BCUT2D eigenvalue weighted by Crippen LogP contribution is -2.41. The van der Waals surface area contributed by atoms with Crippen molar-refractivity contribution in [2.75, 3.05) is 19.8 Å². The van der Waals surface area contributed by atoms with Gasteiger partial charge >= 0.3 is 0 Å². The molecule has 0 amide bonds. The number of hydrogen-bond acceptors (Lipinski definition) is 4. The average Bonchev–Trinajstić information content (AvgIpc) is 3.13. The van der Waals surface area contributed by atoms with Gasteiger partial charge < -0.3 is 14.6 Å². The summed E-state index contributed by atoms with van der Waals surface area (Å²) >= 11 is 1.83. The molecule has 110 valence electrons. The minimum absolute atomic E-state index is 0.107. The van der Waals surface area contributed by atoms with Crippen LogP contribution in [0, 0.1) is 5.92 Å². The van der Waals surface area contributed by atoms with Gasteiger partial charge in [-0.3, -0.25) is 0 Å². The number of aliphatic hydroxyl groups excluding tert-OH is 1. The summed E-state index contributed by atoms with van der Waals surface area (Å²) in [6.07, 6.45) is 6.27. The van der Waals surface area contributed by atoms with E-state index in [2.05, 4.69) is 6.07 Å². The highest BCUT2D eigenvalue weighted by atomic mass is 32.1. The summed E-state index contributed by atoms with van der Waals surface area (Å²) in [6.45, 7) is 2.27. The van der Waals surface area contributed by atoms with Crippen molar-refractivity contribution >= 4 is 11.3 Å². The molecule has 0 bridgehead atoms. The number of thiophene rings is 1. The zero-order valence-corrected chi connectivity index (χ0v) is 12.6. The van der Waals surface area contributed by atoms with E-state index in [1.54, 1.807) is 0 Å². The van der Waals surface area contributed by atoms with Crippen molar-refractivity contribution in [3.63, 3.8) is 0 Å². The lowest BCUT2D eigenvalue weighted by atomic mass is 9.82. The van der Waals surface area contributed by atoms with Crippen molar-refractivity contribution in [3.8, 4) is 0 Å². The van der Waals surface area contributed by atoms with Crippen molar-refractivity contribution in [2.24, 2.45) is 5.92 Å². The molecule has 0 saturated carbocycles. The first-order valence-corrected chi connectivity index (χ1v) is 8.59. The summed E-state index contributed by atoms with van der Waals surface area (Å²) in [7, 11) is 0. The van der Waals surface area contributed by atoms with Gasteiger partial charge in [0.25, 0.3) is 0 Å². The highest BCUT2D eigenvalue weighted by molar-refractivity contribution is 7.12. The van der Waals surface area contributed by atoms with Crippen molar-refractivity contribution < 1.29 is 14.6 Å². The van der Waals surface area contributed by atoms with Gasteiger partial charge in [-0.1, -0.05) is 0 Å². The van der Waals surface area contributed by atoms with Crippen LogP contribution in [0.1, 0.15) is 47.1 Å². The second-order valence-corrected chi connectivity index (χ2v) is 7.65. The third-order valence-electron chi connectivity index (χ3n) is 5.10. The molecule has 2 fully saturated rings. The van der Waals surface area contributed by atoms with E-state index in [1.807, 2.05) is 11.3 Å². The Morgan fingerprint density at radius 2 is 2.30 bits per heavy atom. The van der Waals surface area contributed by atoms with Crippen LogP contribution in [0.25, 0.3) is 0 Å². The Balaban J connectivity index is 1.51. The molecule has 3 heterocycles. The Bertz CT molecular complexity index is 468. The van der Waals surface area contributed by atoms with E-state index in [4.69, 9.17) is 9.47 Å². The highest BCUT2D eigenvalue weighted by Crippen LogP contribution is 2.43. The largest absolute Gasteiger partial charge is 0.387 e. The van der Waals surface area contributed by atoms with Crippen molar-refractivity contribution in [1.82, 2.24) is 0 Å². The van der Waals surface area contributed by atoms with Crippen LogP contribution in [-0.2, 0) is 22.3 Å². The first-order valence-electron chi connectivity index (χ1n) is 7.77. The van der Waals surface area contributed by atoms with E-state index in [1.165, 1.54) is 34.6 Å². The fourth-order valence-electron chi connectivity index (χ4n) is 3.93. The molecule has 3 aliphatic rings. The monoisotopic (exact) mass is 294 g/mol. The Hall–Kier alpha value is -0.420. The first-order chi connectivity index (χ1) is 9.76. The van der Waals surface area contributed by atoms with E-state index >= 15 is 0 Å². The standard InChI is InChI=1S/C16H22O3S/c17-15(14-8-11-2-1-3-13(11)20-14)12-4-6-19-16(9-12)5-7-18-10-16/h8,12,15,17H,1-7,9-10H2. The van der Waals surface area contributed by atoms with E-state index in [0.717, 1.165) is 32.5 Å². The van der Waals surface area contributed by atoms with Gasteiger partial charge in [0.05, 0.1) is 18.3 Å². The molecule has 2 saturated heterocycles. The molecule has 3 nitrogen and oxygen atoms in total. The summed E-state index contributed by atoms with van der Waals surface area (Å²) in [5.41, 5.74) is 1.37. The summed E-state index contributed by atoms with van der Waals surface area (Å²) in [5, 5.41) is 10.8. The quantitative estimate of drug-likeness (QED) is 0.911. The van der Waals surface area contributed by atoms with Crippen molar-refractivity contribution in [2.45, 2.75) is 50.2 Å². The van der Waals surface area contributed by atoms with Crippen LogP contribution < -0.4 is 0 Å². The van der Waals surface area contributed by atoms with Gasteiger partial charge in [0.2, 0.25) is 0 Å². The van der Waals surface area contributed by atoms with Crippen LogP contribution in [0.2, 0.25) is 0 Å². The lowest BCUT2D eigenvalue weighted by Gasteiger charge is -2.38. The molecule has 4 rings (SSSR count). The maximum Gasteiger partial charge on any atom is 0.0940 e. The number of hydrogen-bond donors (Lipinski definition) is 1. The Morgan fingerprint density at radius 3 is 3.10 bits per heavy atom. The molecule has 4 heteroatoms. The number of aliphatic hydroxyl groups is 1. The molecule has 1 aromatic heterocycles. The fourth-order valence-corrected chi connectivity index (χ4v) is 5.27. The highest BCUT2D eigenvalue weighted by Gasteiger charge is 2.43. The van der Waals surface area contributed by atoms with Gasteiger partial charge in [-0.25, -0.2) is 0 Å². The Labute approximate surface area is 123 Å². The summed E-state index contributed by atoms with van der Waals surface area (Å²) < 4.78 is 11.5. The van der Waals surface area contributed by atoms with Crippen LogP contribution in [0.15, 0.2) is 6.07 Å². The van der Waals surface area contributed by atoms with E-state index in [0.29, 0.717) is 12.5 Å². The van der Waals surface area contributed by atoms with Gasteiger partial charge in [0, 0.05) is 29.4 Å². The molecule has 20 heavy (non-hydrogen) atoms. The summed E-state index contributed by atoms with van der Waals surface area (Å²) in [5.74, 6) is 0.323. The van der Waals surface area contributed by atoms with Crippen molar-refractivity contribution in [1.29, 1.82) is 0 Å². The molecular formula is C16H22O3S. The SMILES string of the molecule is OC(c1cc2c(s1)CCC2)C1CCOC2(CCOC2)C1. The second-order valence-electron chi connectivity index (χ2n) is 6.48. The Kier molecular flexibility index (Phi) is 3.38. The maximum atomic E-state index is 10.8. The van der Waals surface area contributed by atoms with Crippen molar-refractivity contribution in [3.05, 3.63) is 21.4 Å². The zero-order valence-electron chi connectivity index (χ0n) is 11.8. The number of ether oxygens (including phenoxy) is 2. The van der Waals surface area contributed by atoms with Crippen LogP contribution in [-0.4, -0.2) is 30.5 Å². The second kappa shape index (κ2) is 5.09. The Morgan fingerprint density at radius 1 is 1.35 bits per heavy atom. The van der Waals surface area contributed by atoms with Gasteiger partial charge in [-0.2, -0.15) is 0 Å². The molecule has 1 N–H and O–H groups in total. The maximum absolute atomic E-state index is 10.8. The normalized spacial score (nSPS) is 34.5. The van der Waals surface area contributed by atoms with Crippen LogP contribution in [0.5, 0.6) is 0 Å². The molecule has 1 aliphatic carbocycles. The smallest absolute Gasteiger partial charge is 0.0940 e. The predicted octanol–water partition coefficient (Wildman–Crippen LogP) is 2.86. The third kappa shape index (κ3) is 2.23. The average molecular weight is 294 g/mol. The molecule has 3 unspecified atom stereocenters. The molecule has 0 aromatic carbocycles. The summed E-state index contributed by atoms with van der Waals surface area (Å²) in [6, 6.07) is 2.25. The van der Waals surface area contributed by atoms with Crippen LogP contribution in [0.4, 0.5) is 0 Å². The molecule has 2 aliphatic heterocycles. The molecule has 1 spiro atoms. The first kappa shape index (κ1) is 13.3.